The highest BCUT2D eigenvalue weighted by Crippen LogP contribution is 2.28. The number of para-hydroxylation sites is 1. The Morgan fingerprint density at radius 3 is 2.59 bits per heavy atom. The van der Waals surface area contributed by atoms with Crippen molar-refractivity contribution in [3.63, 3.8) is 0 Å². The third-order valence-electron chi connectivity index (χ3n) is 4.57. The number of rotatable bonds is 8. The van der Waals surface area contributed by atoms with Gasteiger partial charge in [0, 0.05) is 16.7 Å². The number of aliphatic hydroxyl groups excluding tert-OH is 1. The van der Waals surface area contributed by atoms with Gasteiger partial charge in [-0.15, -0.1) is 0 Å². The number of aliphatic carboxylic acids is 1. The third-order valence-corrected chi connectivity index (χ3v) is 4.57. The fourth-order valence-electron chi connectivity index (χ4n) is 3.10. The van der Waals surface area contributed by atoms with E-state index in [1.807, 2.05) is 12.1 Å². The summed E-state index contributed by atoms with van der Waals surface area (Å²) >= 11 is 0. The van der Waals surface area contributed by atoms with Crippen molar-refractivity contribution in [1.82, 2.24) is 0 Å². The van der Waals surface area contributed by atoms with Crippen LogP contribution >= 0.6 is 0 Å². The predicted octanol–water partition coefficient (Wildman–Crippen LogP) is 3.69. The minimum absolute atomic E-state index is 0.126. The smallest absolute Gasteiger partial charge is 0.307 e. The van der Waals surface area contributed by atoms with E-state index in [0.29, 0.717) is 22.4 Å². The molecule has 3 aromatic rings. The summed E-state index contributed by atoms with van der Waals surface area (Å²) in [6.07, 6.45) is -0.126. The molecule has 1 atom stereocenters. The van der Waals surface area contributed by atoms with E-state index in [1.54, 1.807) is 54.6 Å². The Morgan fingerprint density at radius 1 is 1.07 bits per heavy atom. The second-order valence-corrected chi connectivity index (χ2v) is 6.67. The highest BCUT2D eigenvalue weighted by Gasteiger charge is 2.15. The molecular formula is C23H22FNO4. The molecule has 1 unspecified atom stereocenters. The average molecular weight is 395 g/mol. The second-order valence-electron chi connectivity index (χ2n) is 6.67. The molecule has 5 nitrogen and oxygen atoms in total. The zero-order chi connectivity index (χ0) is 20.8. The molecule has 0 saturated heterocycles. The monoisotopic (exact) mass is 395 g/mol. The number of halogens is 1. The van der Waals surface area contributed by atoms with Crippen LogP contribution in [0.2, 0.25) is 0 Å². The number of hydrogen-bond donors (Lipinski definition) is 3. The van der Waals surface area contributed by atoms with Gasteiger partial charge in [-0.3, -0.25) is 4.79 Å². The molecule has 0 amide bonds. The van der Waals surface area contributed by atoms with E-state index >= 15 is 0 Å². The molecule has 0 aliphatic rings. The van der Waals surface area contributed by atoms with E-state index in [4.69, 9.17) is 15.6 Å². The van der Waals surface area contributed by atoms with Crippen molar-refractivity contribution in [1.29, 1.82) is 0 Å². The number of hydrogen-bond acceptors (Lipinski definition) is 4. The van der Waals surface area contributed by atoms with Gasteiger partial charge in [0.05, 0.1) is 19.1 Å². The molecule has 0 spiro atoms. The molecule has 29 heavy (non-hydrogen) atoms. The van der Waals surface area contributed by atoms with E-state index in [1.165, 1.54) is 0 Å². The van der Waals surface area contributed by atoms with Gasteiger partial charge >= 0.3 is 5.97 Å². The number of carboxylic acid groups (broad SMARTS) is 1. The molecular weight excluding hydrogens is 373 g/mol. The predicted molar refractivity (Wildman–Crippen MR) is 108 cm³/mol. The van der Waals surface area contributed by atoms with Crippen LogP contribution in [-0.4, -0.2) is 22.8 Å². The van der Waals surface area contributed by atoms with E-state index in [2.05, 4.69) is 0 Å². The van der Waals surface area contributed by atoms with Crippen molar-refractivity contribution in [2.75, 3.05) is 6.61 Å². The van der Waals surface area contributed by atoms with Crippen LogP contribution < -0.4 is 10.5 Å². The Hall–Kier alpha value is -3.22. The Kier molecular flexibility index (Phi) is 6.59. The van der Waals surface area contributed by atoms with Crippen molar-refractivity contribution in [2.45, 2.75) is 19.1 Å². The quantitative estimate of drug-likeness (QED) is 0.541. The molecule has 0 heterocycles. The van der Waals surface area contributed by atoms with Crippen LogP contribution in [0.4, 0.5) is 4.39 Å². The SMILES string of the molecule is NC(CO)c1cccc(-c2cccc(COc3ccccc3CC(=O)O)c2)c1F. The fourth-order valence-corrected chi connectivity index (χ4v) is 3.10. The van der Waals surface area contributed by atoms with Crippen LogP contribution in [0, 0.1) is 5.82 Å². The molecule has 3 aromatic carbocycles. The van der Waals surface area contributed by atoms with Gasteiger partial charge in [-0.2, -0.15) is 0 Å². The summed E-state index contributed by atoms with van der Waals surface area (Å²) in [5.41, 5.74) is 8.49. The largest absolute Gasteiger partial charge is 0.489 e. The average Bonchev–Trinajstić information content (AvgIpc) is 2.72. The maximum absolute atomic E-state index is 14.9. The van der Waals surface area contributed by atoms with Crippen molar-refractivity contribution < 1.29 is 24.1 Å². The summed E-state index contributed by atoms with van der Waals surface area (Å²) in [7, 11) is 0. The molecule has 0 saturated carbocycles. The molecule has 0 radical (unpaired) electrons. The van der Waals surface area contributed by atoms with Gasteiger partial charge in [0.1, 0.15) is 18.2 Å². The lowest BCUT2D eigenvalue weighted by atomic mass is 9.98. The first kappa shape index (κ1) is 20.5. The Labute approximate surface area is 168 Å². The van der Waals surface area contributed by atoms with Crippen LogP contribution in [0.25, 0.3) is 11.1 Å². The lowest BCUT2D eigenvalue weighted by molar-refractivity contribution is -0.136. The molecule has 3 rings (SSSR count). The zero-order valence-electron chi connectivity index (χ0n) is 15.7. The summed E-state index contributed by atoms with van der Waals surface area (Å²) in [4.78, 5) is 11.0. The van der Waals surface area contributed by atoms with Gasteiger partial charge in [-0.25, -0.2) is 4.39 Å². The lowest BCUT2D eigenvalue weighted by Crippen LogP contribution is -2.16. The number of aliphatic hydroxyl groups is 1. The van der Waals surface area contributed by atoms with Gasteiger partial charge in [-0.1, -0.05) is 54.6 Å². The van der Waals surface area contributed by atoms with E-state index in [-0.39, 0.29) is 25.2 Å². The van der Waals surface area contributed by atoms with Crippen LogP contribution in [0.15, 0.2) is 66.7 Å². The number of carbonyl (C=O) groups is 1. The number of carboxylic acids is 1. The first-order chi connectivity index (χ1) is 14.0. The van der Waals surface area contributed by atoms with E-state index in [0.717, 1.165) is 5.56 Å². The molecule has 0 aromatic heterocycles. The summed E-state index contributed by atoms with van der Waals surface area (Å²) in [6.45, 7) is -0.133. The molecule has 0 fully saturated rings. The lowest BCUT2D eigenvalue weighted by Gasteiger charge is -2.14. The summed E-state index contributed by atoms with van der Waals surface area (Å²) in [5, 5.41) is 18.3. The highest BCUT2D eigenvalue weighted by atomic mass is 19.1. The van der Waals surface area contributed by atoms with Gasteiger partial charge in [0.15, 0.2) is 0 Å². The van der Waals surface area contributed by atoms with Crippen molar-refractivity contribution in [3.05, 3.63) is 89.2 Å². The van der Waals surface area contributed by atoms with Crippen LogP contribution in [0.3, 0.4) is 0 Å². The first-order valence-electron chi connectivity index (χ1n) is 9.16. The topological polar surface area (TPSA) is 92.8 Å². The zero-order valence-corrected chi connectivity index (χ0v) is 15.7. The highest BCUT2D eigenvalue weighted by molar-refractivity contribution is 5.71. The maximum Gasteiger partial charge on any atom is 0.307 e. The number of ether oxygens (including phenoxy) is 1. The summed E-state index contributed by atoms with van der Waals surface area (Å²) < 4.78 is 20.7. The van der Waals surface area contributed by atoms with Gasteiger partial charge in [0.2, 0.25) is 0 Å². The van der Waals surface area contributed by atoms with Crippen LogP contribution in [0.5, 0.6) is 5.75 Å². The standard InChI is InChI=1S/C23H22FNO4/c24-23-18(8-4-9-19(23)20(25)13-26)16-7-3-5-15(11-16)14-29-21-10-2-1-6-17(21)12-22(27)28/h1-11,20,26H,12-14,25H2,(H,27,28). The van der Waals surface area contributed by atoms with Crippen molar-refractivity contribution in [3.8, 4) is 16.9 Å². The first-order valence-corrected chi connectivity index (χ1v) is 9.16. The Morgan fingerprint density at radius 2 is 1.83 bits per heavy atom. The van der Waals surface area contributed by atoms with Gasteiger partial charge in [-0.05, 0) is 23.3 Å². The van der Waals surface area contributed by atoms with Crippen LogP contribution in [-0.2, 0) is 17.8 Å². The Bertz CT molecular complexity index is 1010. The normalized spacial score (nSPS) is 11.8. The van der Waals surface area contributed by atoms with E-state index in [9.17, 15) is 14.3 Å². The molecule has 0 bridgehead atoms. The molecule has 150 valence electrons. The fraction of sp³-hybridized carbons (Fsp3) is 0.174. The van der Waals surface area contributed by atoms with Crippen LogP contribution in [0.1, 0.15) is 22.7 Å². The number of nitrogens with two attached hydrogens (primary N) is 1. The number of benzene rings is 3. The maximum atomic E-state index is 14.9. The van der Waals surface area contributed by atoms with E-state index < -0.39 is 17.8 Å². The minimum atomic E-state index is -0.931. The minimum Gasteiger partial charge on any atom is -0.489 e. The molecule has 4 N–H and O–H groups in total. The molecule has 0 aliphatic carbocycles. The second kappa shape index (κ2) is 9.32. The summed E-state index contributed by atoms with van der Waals surface area (Å²) in [6, 6.07) is 18.4. The molecule has 6 heteroatoms. The Balaban J connectivity index is 1.82. The summed E-state index contributed by atoms with van der Waals surface area (Å²) in [5.74, 6) is -0.888. The van der Waals surface area contributed by atoms with Gasteiger partial charge in [0.25, 0.3) is 0 Å². The van der Waals surface area contributed by atoms with Crippen molar-refractivity contribution in [2.24, 2.45) is 5.73 Å². The third kappa shape index (κ3) is 4.99. The van der Waals surface area contributed by atoms with Crippen molar-refractivity contribution >= 4 is 5.97 Å². The molecule has 0 aliphatic heterocycles. The van der Waals surface area contributed by atoms with Gasteiger partial charge < -0.3 is 20.7 Å².